The van der Waals surface area contributed by atoms with E-state index in [0.29, 0.717) is 23.2 Å². The van der Waals surface area contributed by atoms with Crippen molar-refractivity contribution in [3.8, 4) is 0 Å². The van der Waals surface area contributed by atoms with Crippen molar-refractivity contribution >= 4 is 26.5 Å². The van der Waals surface area contributed by atoms with Gasteiger partial charge in [0.05, 0.1) is 29.5 Å². The van der Waals surface area contributed by atoms with Crippen molar-refractivity contribution in [2.45, 2.75) is 26.0 Å². The van der Waals surface area contributed by atoms with Crippen LogP contribution in [0.15, 0.2) is 53.3 Å². The standard InChI is InChI=1S/C21H26N4O4S/c1-14(25-21(27)19-7-5-4-6-18(19)15(2)23-25)12-22-13-20(26)16-8-10-17(11-9-16)24-30(3,28)29/h4-11,14,20,22,24,26H,12-13H2,1-3H3. The molecular formula is C21H26N4O4S. The summed E-state index contributed by atoms with van der Waals surface area (Å²) in [5.41, 5.74) is 1.75. The first-order valence-electron chi connectivity index (χ1n) is 9.60. The van der Waals surface area contributed by atoms with Crippen molar-refractivity contribution in [2.24, 2.45) is 0 Å². The molecule has 0 bridgehead atoms. The molecule has 0 radical (unpaired) electrons. The van der Waals surface area contributed by atoms with Gasteiger partial charge in [0.1, 0.15) is 0 Å². The molecule has 3 N–H and O–H groups in total. The molecule has 30 heavy (non-hydrogen) atoms. The molecule has 0 saturated carbocycles. The molecule has 8 nitrogen and oxygen atoms in total. The first-order chi connectivity index (χ1) is 14.2. The third-order valence-electron chi connectivity index (χ3n) is 4.81. The van der Waals surface area contributed by atoms with Gasteiger partial charge in [0, 0.05) is 24.2 Å². The average molecular weight is 431 g/mol. The van der Waals surface area contributed by atoms with Crippen LogP contribution in [0.2, 0.25) is 0 Å². The molecule has 1 heterocycles. The van der Waals surface area contributed by atoms with Crippen LogP contribution >= 0.6 is 0 Å². The zero-order chi connectivity index (χ0) is 21.9. The summed E-state index contributed by atoms with van der Waals surface area (Å²) < 4.78 is 26.4. The molecule has 0 aliphatic heterocycles. The fourth-order valence-electron chi connectivity index (χ4n) is 3.29. The number of nitrogens with one attached hydrogen (secondary N) is 2. The molecular weight excluding hydrogens is 404 g/mol. The van der Waals surface area contributed by atoms with Crippen LogP contribution in [-0.2, 0) is 10.0 Å². The Morgan fingerprint density at radius 3 is 2.33 bits per heavy atom. The SMILES string of the molecule is Cc1nn(C(C)CNCC(O)c2ccc(NS(C)(=O)=O)cc2)c(=O)c2ccccc12. The zero-order valence-corrected chi connectivity index (χ0v) is 18.0. The number of rotatable bonds is 8. The molecule has 0 aliphatic rings. The van der Waals surface area contributed by atoms with Gasteiger partial charge in [-0.05, 0) is 37.6 Å². The Balaban J connectivity index is 1.62. The van der Waals surface area contributed by atoms with Crippen molar-refractivity contribution in [2.75, 3.05) is 24.1 Å². The topological polar surface area (TPSA) is 113 Å². The van der Waals surface area contributed by atoms with Gasteiger partial charge in [0.2, 0.25) is 10.0 Å². The zero-order valence-electron chi connectivity index (χ0n) is 17.2. The van der Waals surface area contributed by atoms with Crippen molar-refractivity contribution in [3.05, 3.63) is 70.1 Å². The van der Waals surface area contributed by atoms with Gasteiger partial charge in [0.15, 0.2) is 0 Å². The highest BCUT2D eigenvalue weighted by Gasteiger charge is 2.14. The Morgan fingerprint density at radius 2 is 1.70 bits per heavy atom. The molecule has 0 saturated heterocycles. The molecule has 2 unspecified atom stereocenters. The highest BCUT2D eigenvalue weighted by atomic mass is 32.2. The quantitative estimate of drug-likeness (QED) is 0.504. The third kappa shape index (κ3) is 5.24. The summed E-state index contributed by atoms with van der Waals surface area (Å²) in [7, 11) is -3.34. The van der Waals surface area contributed by atoms with Gasteiger partial charge < -0.3 is 10.4 Å². The number of aliphatic hydroxyl groups is 1. The number of aryl methyl sites for hydroxylation is 1. The Bertz CT molecular complexity index is 1190. The Hall–Kier alpha value is -2.75. The number of hydrogen-bond donors (Lipinski definition) is 3. The summed E-state index contributed by atoms with van der Waals surface area (Å²) in [5.74, 6) is 0. The molecule has 1 aromatic heterocycles. The van der Waals surface area contributed by atoms with Gasteiger partial charge in [-0.2, -0.15) is 5.10 Å². The van der Waals surface area contributed by atoms with Crippen LogP contribution in [0.25, 0.3) is 10.8 Å². The smallest absolute Gasteiger partial charge is 0.274 e. The number of fused-ring (bicyclic) bond motifs is 1. The number of sulfonamides is 1. The first-order valence-corrected chi connectivity index (χ1v) is 11.5. The van der Waals surface area contributed by atoms with E-state index in [-0.39, 0.29) is 18.1 Å². The van der Waals surface area contributed by atoms with Crippen LogP contribution in [0.3, 0.4) is 0 Å². The summed E-state index contributed by atoms with van der Waals surface area (Å²) in [6.07, 6.45) is 0.311. The molecule has 0 aliphatic carbocycles. The van der Waals surface area contributed by atoms with E-state index in [1.807, 2.05) is 32.0 Å². The number of anilines is 1. The van der Waals surface area contributed by atoms with E-state index in [1.165, 1.54) is 4.68 Å². The van der Waals surface area contributed by atoms with Crippen LogP contribution in [-0.4, -0.2) is 42.7 Å². The number of nitrogens with zero attached hydrogens (tertiary/aromatic N) is 2. The molecule has 0 spiro atoms. The van der Waals surface area contributed by atoms with E-state index in [1.54, 1.807) is 30.3 Å². The van der Waals surface area contributed by atoms with Crippen LogP contribution in [0.4, 0.5) is 5.69 Å². The highest BCUT2D eigenvalue weighted by Crippen LogP contribution is 2.17. The van der Waals surface area contributed by atoms with Gasteiger partial charge in [-0.25, -0.2) is 13.1 Å². The van der Waals surface area contributed by atoms with E-state index in [9.17, 15) is 18.3 Å². The molecule has 9 heteroatoms. The van der Waals surface area contributed by atoms with Gasteiger partial charge in [-0.3, -0.25) is 9.52 Å². The second-order valence-electron chi connectivity index (χ2n) is 7.40. The van der Waals surface area contributed by atoms with Gasteiger partial charge in [-0.1, -0.05) is 30.3 Å². The lowest BCUT2D eigenvalue weighted by Gasteiger charge is -2.18. The number of aliphatic hydroxyl groups excluding tert-OH is 1. The average Bonchev–Trinajstić information content (AvgIpc) is 2.70. The first kappa shape index (κ1) is 21.9. The van der Waals surface area contributed by atoms with Crippen LogP contribution in [0.5, 0.6) is 0 Å². The third-order valence-corrected chi connectivity index (χ3v) is 5.41. The number of aromatic nitrogens is 2. The molecule has 3 rings (SSSR count). The Labute approximate surface area is 175 Å². The summed E-state index contributed by atoms with van der Waals surface area (Å²) in [6.45, 7) is 4.51. The van der Waals surface area contributed by atoms with Gasteiger partial charge >= 0.3 is 0 Å². The maximum atomic E-state index is 12.7. The normalized spacial score (nSPS) is 13.9. The lowest BCUT2D eigenvalue weighted by molar-refractivity contribution is 0.173. The van der Waals surface area contributed by atoms with Crippen molar-refractivity contribution < 1.29 is 13.5 Å². The van der Waals surface area contributed by atoms with Gasteiger partial charge in [0.25, 0.3) is 5.56 Å². The molecule has 2 atom stereocenters. The van der Waals surface area contributed by atoms with Crippen LogP contribution in [0.1, 0.15) is 30.3 Å². The highest BCUT2D eigenvalue weighted by molar-refractivity contribution is 7.92. The molecule has 160 valence electrons. The molecule has 3 aromatic rings. The van der Waals surface area contributed by atoms with Gasteiger partial charge in [-0.15, -0.1) is 0 Å². The largest absolute Gasteiger partial charge is 0.387 e. The second kappa shape index (κ2) is 8.95. The maximum Gasteiger partial charge on any atom is 0.274 e. The van der Waals surface area contributed by atoms with E-state index < -0.39 is 16.1 Å². The summed E-state index contributed by atoms with van der Waals surface area (Å²) in [6, 6.07) is 13.8. The second-order valence-corrected chi connectivity index (χ2v) is 9.15. The Kier molecular flexibility index (Phi) is 6.55. The fourth-order valence-corrected chi connectivity index (χ4v) is 3.85. The van der Waals surface area contributed by atoms with E-state index >= 15 is 0 Å². The predicted octanol–water partition coefficient (Wildman–Crippen LogP) is 1.96. The summed E-state index contributed by atoms with van der Waals surface area (Å²) >= 11 is 0. The monoisotopic (exact) mass is 430 g/mol. The lowest BCUT2D eigenvalue weighted by atomic mass is 10.1. The van der Waals surface area contributed by atoms with Crippen LogP contribution < -0.4 is 15.6 Å². The molecule has 0 fully saturated rings. The molecule has 2 aromatic carbocycles. The minimum atomic E-state index is -3.34. The van der Waals surface area contributed by atoms with Crippen molar-refractivity contribution in [1.29, 1.82) is 0 Å². The summed E-state index contributed by atoms with van der Waals surface area (Å²) in [5, 5.41) is 19.5. The van der Waals surface area contributed by atoms with E-state index in [0.717, 1.165) is 17.3 Å². The minimum absolute atomic E-state index is 0.139. The molecule has 0 amide bonds. The Morgan fingerprint density at radius 1 is 1.07 bits per heavy atom. The minimum Gasteiger partial charge on any atom is -0.387 e. The number of hydrogen-bond acceptors (Lipinski definition) is 6. The predicted molar refractivity (Wildman–Crippen MR) is 118 cm³/mol. The number of benzene rings is 2. The van der Waals surface area contributed by atoms with E-state index in [2.05, 4.69) is 15.1 Å². The fraction of sp³-hybridized carbons (Fsp3) is 0.333. The maximum absolute atomic E-state index is 12.7. The van der Waals surface area contributed by atoms with Crippen LogP contribution in [0, 0.1) is 6.92 Å². The lowest BCUT2D eigenvalue weighted by Crippen LogP contribution is -2.34. The van der Waals surface area contributed by atoms with Crippen molar-refractivity contribution in [1.82, 2.24) is 15.1 Å². The van der Waals surface area contributed by atoms with E-state index in [4.69, 9.17) is 0 Å². The summed E-state index contributed by atoms with van der Waals surface area (Å²) in [4.78, 5) is 12.7. The van der Waals surface area contributed by atoms with Crippen molar-refractivity contribution in [3.63, 3.8) is 0 Å².